The van der Waals surface area contributed by atoms with Crippen LogP contribution < -0.4 is 0 Å². The summed E-state index contributed by atoms with van der Waals surface area (Å²) in [6.07, 6.45) is -9.67. The van der Waals surface area contributed by atoms with Crippen molar-refractivity contribution in [3.05, 3.63) is 82.6 Å². The summed E-state index contributed by atoms with van der Waals surface area (Å²) < 4.78 is 85.5. The first-order valence-electron chi connectivity index (χ1n) is 9.40. The molecule has 162 valence electrons. The number of hydrogen-bond acceptors (Lipinski definition) is 2. The zero-order chi connectivity index (χ0) is 22.7. The Hall–Kier alpha value is -2.84. The van der Waals surface area contributed by atoms with Crippen LogP contribution in [0.3, 0.4) is 0 Å². The highest BCUT2D eigenvalue weighted by molar-refractivity contribution is 7.13. The lowest BCUT2D eigenvalue weighted by atomic mass is 9.89. The second-order valence-corrected chi connectivity index (χ2v) is 9.12. The molecule has 2 heterocycles. The van der Waals surface area contributed by atoms with E-state index in [1.54, 1.807) is 35.0 Å². The minimum atomic E-state index is -4.83. The Labute approximate surface area is 186 Å². The van der Waals surface area contributed by atoms with Crippen LogP contribution in [-0.4, -0.2) is 0 Å². The predicted molar refractivity (Wildman–Crippen MR) is 118 cm³/mol. The first kappa shape index (κ1) is 21.0. The standard InChI is InChI=1S/C24H12F6S2/c25-23(26,27)21-16-8-6-14(20-4-2-10-32-20)12-18(16)22(24(28,29)30)15-7-5-13(11-17(15)21)19-3-1-9-31-19/h1-12H. The molecule has 0 amide bonds. The summed E-state index contributed by atoms with van der Waals surface area (Å²) in [7, 11) is 0. The average molecular weight is 478 g/mol. The molecule has 0 bridgehead atoms. The number of alkyl halides is 6. The number of rotatable bonds is 2. The Morgan fingerprint density at radius 3 is 1.22 bits per heavy atom. The Morgan fingerprint density at radius 2 is 0.906 bits per heavy atom. The molecule has 8 heteroatoms. The summed E-state index contributed by atoms with van der Waals surface area (Å²) in [6, 6.07) is 14.5. The first-order valence-corrected chi connectivity index (χ1v) is 11.2. The van der Waals surface area contributed by atoms with Crippen LogP contribution in [0.15, 0.2) is 71.4 Å². The molecule has 5 rings (SSSR count). The van der Waals surface area contributed by atoms with Gasteiger partial charge in [0.15, 0.2) is 0 Å². The van der Waals surface area contributed by atoms with Crippen molar-refractivity contribution in [2.75, 3.05) is 0 Å². The van der Waals surface area contributed by atoms with E-state index in [-0.39, 0.29) is 0 Å². The van der Waals surface area contributed by atoms with E-state index in [1.165, 1.54) is 46.9 Å². The largest absolute Gasteiger partial charge is 0.417 e. The molecule has 0 spiro atoms. The van der Waals surface area contributed by atoms with Crippen molar-refractivity contribution in [2.45, 2.75) is 12.4 Å². The molecule has 0 aliphatic carbocycles. The van der Waals surface area contributed by atoms with Gasteiger partial charge in [0.05, 0.1) is 11.1 Å². The van der Waals surface area contributed by atoms with Crippen LogP contribution in [0.1, 0.15) is 11.1 Å². The van der Waals surface area contributed by atoms with Gasteiger partial charge in [-0.05, 0) is 67.7 Å². The van der Waals surface area contributed by atoms with E-state index in [2.05, 4.69) is 0 Å². The first-order chi connectivity index (χ1) is 15.1. The van der Waals surface area contributed by atoms with Gasteiger partial charge in [-0.3, -0.25) is 0 Å². The Morgan fingerprint density at radius 1 is 0.500 bits per heavy atom. The van der Waals surface area contributed by atoms with E-state index in [9.17, 15) is 26.3 Å². The molecule has 0 aliphatic heterocycles. The maximum absolute atomic E-state index is 14.2. The van der Waals surface area contributed by atoms with Gasteiger partial charge in [-0.2, -0.15) is 26.3 Å². The van der Waals surface area contributed by atoms with E-state index in [1.807, 2.05) is 0 Å². The van der Waals surface area contributed by atoms with Crippen LogP contribution in [0.4, 0.5) is 26.3 Å². The van der Waals surface area contributed by atoms with Crippen LogP contribution in [0.25, 0.3) is 42.4 Å². The van der Waals surface area contributed by atoms with E-state index in [0.29, 0.717) is 20.9 Å². The number of thiophene rings is 2. The maximum Gasteiger partial charge on any atom is 0.417 e. The van der Waals surface area contributed by atoms with Gasteiger partial charge in [-0.25, -0.2) is 0 Å². The highest BCUT2D eigenvalue weighted by Gasteiger charge is 2.41. The molecule has 32 heavy (non-hydrogen) atoms. The number of fused-ring (bicyclic) bond motifs is 2. The minimum absolute atomic E-state index is 0.445. The van der Waals surface area contributed by atoms with Gasteiger partial charge in [-0.1, -0.05) is 36.4 Å². The molecule has 5 aromatic rings. The summed E-state index contributed by atoms with van der Waals surface area (Å²) in [5.74, 6) is 0. The van der Waals surface area contributed by atoms with Crippen molar-refractivity contribution in [3.8, 4) is 20.9 Å². The molecule has 0 unspecified atom stereocenters. The summed E-state index contributed by atoms with van der Waals surface area (Å²) in [5, 5.41) is 1.71. The smallest absolute Gasteiger partial charge is 0.166 e. The van der Waals surface area contributed by atoms with Crippen molar-refractivity contribution >= 4 is 44.2 Å². The molecule has 0 N–H and O–H groups in total. The zero-order valence-corrected chi connectivity index (χ0v) is 17.6. The van der Waals surface area contributed by atoms with Crippen molar-refractivity contribution in [1.29, 1.82) is 0 Å². The number of hydrogen-bond donors (Lipinski definition) is 0. The summed E-state index contributed by atoms with van der Waals surface area (Å²) in [6.45, 7) is 0. The maximum atomic E-state index is 14.2. The van der Waals surface area contributed by atoms with Gasteiger partial charge in [-0.15, -0.1) is 22.7 Å². The average Bonchev–Trinajstić information content (AvgIpc) is 3.43. The van der Waals surface area contributed by atoms with E-state index in [4.69, 9.17) is 0 Å². The number of halogens is 6. The Kier molecular flexibility index (Phi) is 4.83. The van der Waals surface area contributed by atoms with Crippen molar-refractivity contribution < 1.29 is 26.3 Å². The fourth-order valence-electron chi connectivity index (χ4n) is 4.03. The van der Waals surface area contributed by atoms with E-state index < -0.39 is 45.0 Å². The van der Waals surface area contributed by atoms with Crippen LogP contribution in [0, 0.1) is 0 Å². The molecule has 0 saturated heterocycles. The van der Waals surface area contributed by atoms with Gasteiger partial charge in [0.2, 0.25) is 0 Å². The van der Waals surface area contributed by atoms with Gasteiger partial charge in [0, 0.05) is 9.75 Å². The molecular formula is C24H12F6S2. The fourth-order valence-corrected chi connectivity index (χ4v) is 5.48. The molecule has 0 fully saturated rings. The van der Waals surface area contributed by atoms with Crippen molar-refractivity contribution in [1.82, 2.24) is 0 Å². The summed E-state index contributed by atoms with van der Waals surface area (Å²) in [5.41, 5.74) is -1.21. The van der Waals surface area contributed by atoms with Gasteiger partial charge < -0.3 is 0 Å². The van der Waals surface area contributed by atoms with E-state index >= 15 is 0 Å². The van der Waals surface area contributed by atoms with Gasteiger partial charge in [0.25, 0.3) is 0 Å². The van der Waals surface area contributed by atoms with Crippen LogP contribution in [-0.2, 0) is 12.4 Å². The second kappa shape index (κ2) is 7.35. The van der Waals surface area contributed by atoms with Crippen LogP contribution >= 0.6 is 22.7 Å². The highest BCUT2D eigenvalue weighted by Crippen LogP contribution is 2.48. The molecule has 0 saturated carbocycles. The quantitative estimate of drug-likeness (QED) is 0.175. The monoisotopic (exact) mass is 478 g/mol. The highest BCUT2D eigenvalue weighted by atomic mass is 32.1. The van der Waals surface area contributed by atoms with Crippen LogP contribution in [0.2, 0.25) is 0 Å². The SMILES string of the molecule is FC(F)(F)c1c2ccc(-c3cccs3)cc2c(C(F)(F)F)c2ccc(-c3cccs3)cc12. The Bertz CT molecular complexity index is 1310. The van der Waals surface area contributed by atoms with Gasteiger partial charge >= 0.3 is 12.4 Å². The van der Waals surface area contributed by atoms with Gasteiger partial charge in [0.1, 0.15) is 0 Å². The number of benzene rings is 3. The van der Waals surface area contributed by atoms with E-state index in [0.717, 1.165) is 12.1 Å². The second-order valence-electron chi connectivity index (χ2n) is 7.22. The molecule has 0 aliphatic rings. The molecule has 0 atom stereocenters. The normalized spacial score (nSPS) is 12.7. The predicted octanol–water partition coefficient (Wildman–Crippen LogP) is 9.49. The fraction of sp³-hybridized carbons (Fsp3) is 0.0833. The Balaban J connectivity index is 1.96. The minimum Gasteiger partial charge on any atom is -0.166 e. The molecule has 2 aromatic heterocycles. The molecule has 3 aromatic carbocycles. The lowest BCUT2D eigenvalue weighted by Crippen LogP contribution is -2.13. The third-order valence-corrected chi connectivity index (χ3v) is 7.13. The molecule has 0 radical (unpaired) electrons. The van der Waals surface area contributed by atoms with Crippen molar-refractivity contribution in [3.63, 3.8) is 0 Å². The molecular weight excluding hydrogens is 466 g/mol. The van der Waals surface area contributed by atoms with Crippen molar-refractivity contribution in [2.24, 2.45) is 0 Å². The third-order valence-electron chi connectivity index (χ3n) is 5.29. The summed E-state index contributed by atoms with van der Waals surface area (Å²) >= 11 is 2.62. The zero-order valence-electron chi connectivity index (χ0n) is 16.0. The lowest BCUT2D eigenvalue weighted by Gasteiger charge is -2.21. The lowest BCUT2D eigenvalue weighted by molar-refractivity contribution is -0.137. The molecule has 0 nitrogen and oxygen atoms in total. The summed E-state index contributed by atoms with van der Waals surface area (Å²) in [4.78, 5) is 1.36. The third kappa shape index (κ3) is 3.47. The topological polar surface area (TPSA) is 0 Å². The van der Waals surface area contributed by atoms with Crippen LogP contribution in [0.5, 0.6) is 0 Å².